The molecule has 3 heterocycles. The predicted octanol–water partition coefficient (Wildman–Crippen LogP) is 3.93. The number of thiazole rings is 1. The van der Waals surface area contributed by atoms with Gasteiger partial charge in [-0.2, -0.15) is 4.52 Å². The van der Waals surface area contributed by atoms with Crippen LogP contribution in [0.5, 0.6) is 5.88 Å². The van der Waals surface area contributed by atoms with Gasteiger partial charge in [0.2, 0.25) is 10.8 Å². The molecule has 0 radical (unpaired) electrons. The van der Waals surface area contributed by atoms with Crippen LogP contribution in [-0.4, -0.2) is 50.3 Å². The smallest absolute Gasteiger partial charge is 0.309 e. The van der Waals surface area contributed by atoms with Crippen molar-refractivity contribution in [1.82, 2.24) is 19.5 Å². The molecule has 9 heteroatoms. The van der Waals surface area contributed by atoms with Crippen LogP contribution < -0.4 is 0 Å². The Morgan fingerprint density at radius 1 is 1.41 bits per heavy atom. The number of aromatic hydroxyl groups is 1. The number of likely N-dealkylation sites (tertiary alicyclic amines) is 1. The van der Waals surface area contributed by atoms with E-state index in [1.165, 1.54) is 15.9 Å². The van der Waals surface area contributed by atoms with Gasteiger partial charge in [-0.15, -0.1) is 5.10 Å². The quantitative estimate of drug-likeness (QED) is 0.559. The summed E-state index contributed by atoms with van der Waals surface area (Å²) in [5, 5.41) is 15.2. The Morgan fingerprint density at radius 3 is 2.83 bits per heavy atom. The molecular formula is C20H23BrN4O3S. The Bertz CT molecular complexity index is 1030. The number of esters is 1. The summed E-state index contributed by atoms with van der Waals surface area (Å²) in [6.45, 7) is 5.54. The topological polar surface area (TPSA) is 80.0 Å². The second kappa shape index (κ2) is 8.41. The fourth-order valence-electron chi connectivity index (χ4n) is 3.88. The molecule has 1 N–H and O–H groups in total. The van der Waals surface area contributed by atoms with Gasteiger partial charge in [-0.25, -0.2) is 4.98 Å². The normalized spacial score (nSPS) is 16.9. The Hall–Kier alpha value is -1.97. The summed E-state index contributed by atoms with van der Waals surface area (Å²) in [6, 6.07) is 7.98. The van der Waals surface area contributed by atoms with Gasteiger partial charge in [0, 0.05) is 4.47 Å². The molecule has 29 heavy (non-hydrogen) atoms. The summed E-state index contributed by atoms with van der Waals surface area (Å²) >= 11 is 5.01. The van der Waals surface area contributed by atoms with Crippen molar-refractivity contribution in [3.63, 3.8) is 0 Å². The number of nitrogens with zero attached hydrogens (tertiary/aromatic N) is 4. The van der Waals surface area contributed by atoms with Gasteiger partial charge in [0.05, 0.1) is 23.4 Å². The molecule has 3 aromatic rings. The third-order valence-corrected chi connectivity index (χ3v) is 6.80. The Labute approximate surface area is 181 Å². The Kier molecular flexibility index (Phi) is 5.89. The number of fused-ring (bicyclic) bond motifs is 1. The lowest BCUT2D eigenvalue weighted by molar-refractivity contribution is -0.149. The summed E-state index contributed by atoms with van der Waals surface area (Å²) in [5.74, 6) is 0.589. The molecule has 0 bridgehead atoms. The predicted molar refractivity (Wildman–Crippen MR) is 114 cm³/mol. The van der Waals surface area contributed by atoms with E-state index in [0.717, 1.165) is 40.8 Å². The number of carbonyl (C=O) groups is 1. The number of carbonyl (C=O) groups excluding carboxylic acids is 1. The molecule has 7 nitrogen and oxygen atoms in total. The van der Waals surface area contributed by atoms with Crippen molar-refractivity contribution < 1.29 is 14.6 Å². The summed E-state index contributed by atoms with van der Waals surface area (Å²) in [6.07, 6.45) is 1.48. The first kappa shape index (κ1) is 20.3. The van der Waals surface area contributed by atoms with Crippen molar-refractivity contribution in [2.24, 2.45) is 5.92 Å². The molecule has 1 aliphatic rings. The number of piperidine rings is 1. The number of aromatic nitrogens is 3. The lowest BCUT2D eigenvalue weighted by Gasteiger charge is -2.36. The molecule has 1 aliphatic heterocycles. The largest absolute Gasteiger partial charge is 0.492 e. The highest BCUT2D eigenvalue weighted by Gasteiger charge is 2.34. The van der Waals surface area contributed by atoms with Crippen LogP contribution in [0.25, 0.3) is 4.96 Å². The number of hydrogen-bond donors (Lipinski definition) is 1. The van der Waals surface area contributed by atoms with Crippen molar-refractivity contribution in [3.8, 4) is 5.88 Å². The third-order valence-electron chi connectivity index (χ3n) is 5.23. The first-order valence-corrected chi connectivity index (χ1v) is 11.3. The van der Waals surface area contributed by atoms with E-state index in [9.17, 15) is 9.90 Å². The van der Waals surface area contributed by atoms with Crippen molar-refractivity contribution in [3.05, 3.63) is 45.0 Å². The minimum absolute atomic E-state index is 0.0621. The van der Waals surface area contributed by atoms with E-state index in [4.69, 9.17) is 4.74 Å². The van der Waals surface area contributed by atoms with Crippen molar-refractivity contribution in [2.45, 2.75) is 32.7 Å². The number of aryl methyl sites for hydroxylation is 1. The Balaban J connectivity index is 1.67. The summed E-state index contributed by atoms with van der Waals surface area (Å²) in [7, 11) is 0. The average Bonchev–Trinajstić information content (AvgIpc) is 3.20. The molecule has 0 spiro atoms. The number of halogens is 1. The van der Waals surface area contributed by atoms with Gasteiger partial charge >= 0.3 is 5.97 Å². The van der Waals surface area contributed by atoms with E-state index in [1.54, 1.807) is 0 Å². The van der Waals surface area contributed by atoms with Crippen molar-refractivity contribution in [1.29, 1.82) is 0 Å². The zero-order valence-corrected chi connectivity index (χ0v) is 18.7. The molecule has 1 fully saturated rings. The van der Waals surface area contributed by atoms with E-state index in [1.807, 2.05) is 26.0 Å². The van der Waals surface area contributed by atoms with Crippen LogP contribution >= 0.6 is 27.3 Å². The molecule has 0 saturated carbocycles. The SMILES string of the molecule is CCOC(=O)C1CCN([C@H](c2cccc(Br)c2)c2sc3nc(C)nn3c2O)CC1. The van der Waals surface area contributed by atoms with Crippen molar-refractivity contribution in [2.75, 3.05) is 19.7 Å². The summed E-state index contributed by atoms with van der Waals surface area (Å²) in [5.41, 5.74) is 1.07. The lowest BCUT2D eigenvalue weighted by atomic mass is 9.93. The highest BCUT2D eigenvalue weighted by Crippen LogP contribution is 2.41. The molecule has 4 rings (SSSR count). The molecule has 2 aromatic heterocycles. The molecule has 0 aliphatic carbocycles. The number of hydrogen-bond acceptors (Lipinski definition) is 7. The van der Waals surface area contributed by atoms with Crippen LogP contribution in [0.4, 0.5) is 0 Å². The van der Waals surface area contributed by atoms with Gasteiger partial charge in [0.1, 0.15) is 5.82 Å². The molecule has 154 valence electrons. The maximum atomic E-state index is 12.1. The third kappa shape index (κ3) is 4.04. The van der Waals surface area contributed by atoms with E-state index in [0.29, 0.717) is 17.4 Å². The van der Waals surface area contributed by atoms with E-state index in [-0.39, 0.29) is 23.8 Å². The fourth-order valence-corrected chi connectivity index (χ4v) is 5.46. The fraction of sp³-hybridized carbons (Fsp3) is 0.450. The second-order valence-electron chi connectivity index (χ2n) is 7.16. The van der Waals surface area contributed by atoms with E-state index < -0.39 is 0 Å². The van der Waals surface area contributed by atoms with Crippen LogP contribution in [0.1, 0.15) is 42.1 Å². The van der Waals surface area contributed by atoms with Crippen LogP contribution in [0, 0.1) is 12.8 Å². The van der Waals surface area contributed by atoms with Gasteiger partial charge < -0.3 is 9.84 Å². The highest BCUT2D eigenvalue weighted by molar-refractivity contribution is 9.10. The zero-order valence-electron chi connectivity index (χ0n) is 16.3. The van der Waals surface area contributed by atoms with Crippen molar-refractivity contribution >= 4 is 38.2 Å². The minimum atomic E-state index is -0.135. The van der Waals surface area contributed by atoms with Gasteiger partial charge in [0.25, 0.3) is 0 Å². The van der Waals surface area contributed by atoms with E-state index in [2.05, 4.69) is 43.0 Å². The van der Waals surface area contributed by atoms with Gasteiger partial charge in [-0.05, 0) is 57.5 Å². The van der Waals surface area contributed by atoms with Gasteiger partial charge in [-0.1, -0.05) is 39.4 Å². The molecule has 1 saturated heterocycles. The molecule has 1 atom stereocenters. The molecular weight excluding hydrogens is 456 g/mol. The first-order chi connectivity index (χ1) is 14.0. The number of ether oxygens (including phenoxy) is 1. The Morgan fingerprint density at radius 2 is 2.17 bits per heavy atom. The van der Waals surface area contributed by atoms with Crippen LogP contribution in [0.3, 0.4) is 0 Å². The van der Waals surface area contributed by atoms with Crippen LogP contribution in [0.15, 0.2) is 28.7 Å². The maximum absolute atomic E-state index is 12.1. The summed E-state index contributed by atoms with van der Waals surface area (Å²) < 4.78 is 7.69. The number of rotatable bonds is 5. The average molecular weight is 479 g/mol. The summed E-state index contributed by atoms with van der Waals surface area (Å²) in [4.78, 5) is 20.3. The van der Waals surface area contributed by atoms with E-state index >= 15 is 0 Å². The lowest BCUT2D eigenvalue weighted by Crippen LogP contribution is -2.39. The first-order valence-electron chi connectivity index (χ1n) is 9.69. The second-order valence-corrected chi connectivity index (χ2v) is 9.09. The maximum Gasteiger partial charge on any atom is 0.309 e. The zero-order chi connectivity index (χ0) is 20.5. The molecule has 0 unspecified atom stereocenters. The molecule has 1 aromatic carbocycles. The van der Waals surface area contributed by atoms with Gasteiger partial charge in [0.15, 0.2) is 0 Å². The molecule has 0 amide bonds. The standard InChI is InChI=1S/C20H23BrN4O3S/c1-3-28-19(27)13-7-9-24(10-8-13)16(14-5-4-6-15(21)11-14)17-18(26)25-20(29-17)22-12(2)23-25/h4-6,11,13,16,26H,3,7-10H2,1-2H3/t16-/m1/s1. The monoisotopic (exact) mass is 478 g/mol. The highest BCUT2D eigenvalue weighted by atomic mass is 79.9. The number of benzene rings is 1. The van der Waals surface area contributed by atoms with Gasteiger partial charge in [-0.3, -0.25) is 9.69 Å². The minimum Gasteiger partial charge on any atom is -0.492 e. The van der Waals surface area contributed by atoms with Crippen LogP contribution in [-0.2, 0) is 9.53 Å². The van der Waals surface area contributed by atoms with Crippen LogP contribution in [0.2, 0.25) is 0 Å².